The molecule has 0 bridgehead atoms. The smallest absolute Gasteiger partial charge is 0.229 e. The number of benzene rings is 3. The average molecular weight is 396 g/mol. The third-order valence-electron chi connectivity index (χ3n) is 4.52. The van der Waals surface area contributed by atoms with E-state index in [1.54, 1.807) is 55.6 Å². The number of ether oxygens (including phenoxy) is 1. The first-order chi connectivity index (χ1) is 13.4. The molecule has 4 rings (SSSR count). The molecule has 2 aromatic rings. The molecule has 3 N–H and O–H groups in total. The summed E-state index contributed by atoms with van der Waals surface area (Å²) >= 11 is 0. The van der Waals surface area contributed by atoms with Crippen molar-refractivity contribution in [3.8, 4) is 28.2 Å². The third-order valence-corrected chi connectivity index (χ3v) is 5.42. The first-order valence-corrected chi connectivity index (χ1v) is 9.73. The molecule has 1 aliphatic heterocycles. The molecular weight excluding hydrogens is 380 g/mol. The lowest BCUT2D eigenvalue weighted by Gasteiger charge is -2.19. The van der Waals surface area contributed by atoms with Crippen LogP contribution in [-0.4, -0.2) is 20.1 Å². The number of fused-ring (bicyclic) bond motifs is 2. The summed E-state index contributed by atoms with van der Waals surface area (Å²) in [6.07, 6.45) is 0. The summed E-state index contributed by atoms with van der Waals surface area (Å²) in [7, 11) is -3.14. The molecule has 0 amide bonds. The van der Waals surface area contributed by atoms with E-state index < -0.39 is 10.1 Å². The van der Waals surface area contributed by atoms with Crippen LogP contribution < -0.4 is 21.0 Å². The van der Waals surface area contributed by atoms with E-state index in [1.165, 1.54) is 12.1 Å². The van der Waals surface area contributed by atoms with Crippen LogP contribution in [-0.2, 0) is 10.1 Å². The van der Waals surface area contributed by atoms with Crippen molar-refractivity contribution >= 4 is 21.1 Å². The number of hydrogen-bond acceptors (Lipinski definition) is 6. The lowest BCUT2D eigenvalue weighted by molar-refractivity contribution is -0.512. The van der Waals surface area contributed by atoms with Crippen LogP contribution >= 0.6 is 0 Å². The van der Waals surface area contributed by atoms with Crippen molar-refractivity contribution in [2.24, 2.45) is 5.84 Å². The molecule has 0 saturated carbocycles. The van der Waals surface area contributed by atoms with Gasteiger partial charge in [0.15, 0.2) is 0 Å². The second-order valence-corrected chi connectivity index (χ2v) is 7.49. The van der Waals surface area contributed by atoms with E-state index in [4.69, 9.17) is 15.0 Å². The van der Waals surface area contributed by atoms with Gasteiger partial charge in [-0.25, -0.2) is 14.3 Å². The highest BCUT2D eigenvalue weighted by molar-refractivity contribution is 7.85. The van der Waals surface area contributed by atoms with E-state index in [-0.39, 0.29) is 4.90 Å². The van der Waals surface area contributed by atoms with Crippen molar-refractivity contribution in [3.05, 3.63) is 66.0 Å². The van der Waals surface area contributed by atoms with E-state index in [0.29, 0.717) is 44.5 Å². The van der Waals surface area contributed by atoms with Crippen LogP contribution in [0.2, 0.25) is 0 Å². The van der Waals surface area contributed by atoms with Gasteiger partial charge in [0.05, 0.1) is 18.1 Å². The van der Waals surface area contributed by atoms with Crippen LogP contribution in [0.25, 0.3) is 33.4 Å². The number of nitrogens with one attached hydrogen (secondary N) is 1. The molecule has 0 unspecified atom stereocenters. The quantitative estimate of drug-likeness (QED) is 0.230. The predicted molar refractivity (Wildman–Crippen MR) is 101 cm³/mol. The van der Waals surface area contributed by atoms with Crippen LogP contribution in [0.3, 0.4) is 0 Å². The molecule has 0 spiro atoms. The minimum Gasteiger partial charge on any atom is -0.744 e. The number of hydrazine groups is 1. The molecule has 28 heavy (non-hydrogen) atoms. The van der Waals surface area contributed by atoms with Crippen molar-refractivity contribution in [2.45, 2.75) is 4.90 Å². The Morgan fingerprint density at radius 2 is 1.82 bits per heavy atom. The molecule has 0 aromatic heterocycles. The Bertz CT molecular complexity index is 1340. The van der Waals surface area contributed by atoms with E-state index in [2.05, 4.69) is 5.10 Å². The maximum absolute atomic E-state index is 11.9. The number of rotatable bonds is 3. The molecule has 0 radical (unpaired) electrons. The summed E-state index contributed by atoms with van der Waals surface area (Å²) in [5, 5.41) is 3.82. The van der Waals surface area contributed by atoms with Gasteiger partial charge in [-0.1, -0.05) is 18.2 Å². The molecule has 2 aromatic carbocycles. The summed E-state index contributed by atoms with van der Waals surface area (Å²) in [6.45, 7) is 0. The lowest BCUT2D eigenvalue weighted by atomic mass is 9.93. The second kappa shape index (κ2) is 6.66. The van der Waals surface area contributed by atoms with Gasteiger partial charge in [0.25, 0.3) is 0 Å². The van der Waals surface area contributed by atoms with Crippen LogP contribution in [0.1, 0.15) is 0 Å². The summed E-state index contributed by atoms with van der Waals surface area (Å²) in [6, 6.07) is 16.5. The van der Waals surface area contributed by atoms with E-state index in [9.17, 15) is 13.0 Å². The fourth-order valence-electron chi connectivity index (χ4n) is 3.27. The van der Waals surface area contributed by atoms with Crippen molar-refractivity contribution in [2.75, 3.05) is 7.11 Å². The third kappa shape index (κ3) is 2.98. The van der Waals surface area contributed by atoms with E-state index in [0.717, 1.165) is 0 Å². The van der Waals surface area contributed by atoms with Gasteiger partial charge in [-0.3, -0.25) is 0 Å². The molecule has 0 saturated heterocycles. The zero-order chi connectivity index (χ0) is 19.9. The van der Waals surface area contributed by atoms with Gasteiger partial charge in [0.1, 0.15) is 27.2 Å². The monoisotopic (exact) mass is 396 g/mol. The SMILES string of the molecule is COc1ccc2c(-c3ccccc3S(=O)(=O)[O-])c3cc/c(=[NH+]\N)cc-3oc2c1. The minimum absolute atomic E-state index is 0.291. The van der Waals surface area contributed by atoms with Gasteiger partial charge in [-0.2, -0.15) is 0 Å². The van der Waals surface area contributed by atoms with Gasteiger partial charge in [-0.15, -0.1) is 5.10 Å². The molecule has 8 heteroatoms. The van der Waals surface area contributed by atoms with Crippen LogP contribution in [0.15, 0.2) is 70.0 Å². The molecular formula is C20H16N2O5S. The Kier molecular flexibility index (Phi) is 4.29. The Labute approximate surface area is 160 Å². The van der Waals surface area contributed by atoms with Gasteiger partial charge in [-0.05, 0) is 24.3 Å². The number of methoxy groups -OCH3 is 1. The van der Waals surface area contributed by atoms with Crippen molar-refractivity contribution in [3.63, 3.8) is 0 Å². The zero-order valence-electron chi connectivity index (χ0n) is 14.8. The Balaban J connectivity index is 2.21. The maximum Gasteiger partial charge on any atom is 0.229 e. The minimum atomic E-state index is -4.68. The Morgan fingerprint density at radius 1 is 1.04 bits per heavy atom. The highest BCUT2D eigenvalue weighted by atomic mass is 32.2. The van der Waals surface area contributed by atoms with Crippen LogP contribution in [0, 0.1) is 0 Å². The van der Waals surface area contributed by atoms with Gasteiger partial charge in [0.2, 0.25) is 5.36 Å². The molecule has 7 nitrogen and oxygen atoms in total. The molecule has 1 heterocycles. The fourth-order valence-corrected chi connectivity index (χ4v) is 3.95. The molecule has 1 aliphatic carbocycles. The number of hydrogen-bond donors (Lipinski definition) is 2. The lowest BCUT2D eigenvalue weighted by Crippen LogP contribution is -2.83. The zero-order valence-corrected chi connectivity index (χ0v) is 15.6. The first kappa shape index (κ1) is 18.0. The fraction of sp³-hybridized carbons (Fsp3) is 0.0500. The van der Waals surface area contributed by atoms with Gasteiger partial charge < -0.3 is 13.7 Å². The number of nitrogens with two attached hydrogens (primary N) is 1. The first-order valence-electron chi connectivity index (χ1n) is 8.32. The Hall–Kier alpha value is -3.36. The summed E-state index contributed by atoms with van der Waals surface area (Å²) in [5.74, 6) is 6.56. The maximum atomic E-state index is 11.9. The summed E-state index contributed by atoms with van der Waals surface area (Å²) in [4.78, 5) is -0.291. The Morgan fingerprint density at radius 3 is 2.54 bits per heavy atom. The molecule has 0 fully saturated rings. The van der Waals surface area contributed by atoms with Crippen LogP contribution in [0.4, 0.5) is 0 Å². The predicted octanol–water partition coefficient (Wildman–Crippen LogP) is 0.972. The summed E-state index contributed by atoms with van der Waals surface area (Å²) < 4.78 is 46.9. The van der Waals surface area contributed by atoms with Gasteiger partial charge in [0, 0.05) is 34.2 Å². The average Bonchev–Trinajstić information content (AvgIpc) is 2.70. The normalized spacial score (nSPS) is 12.6. The summed E-state index contributed by atoms with van der Waals surface area (Å²) in [5.41, 5.74) is 2.02. The van der Waals surface area contributed by atoms with Crippen molar-refractivity contribution in [1.29, 1.82) is 0 Å². The largest absolute Gasteiger partial charge is 0.744 e. The highest BCUT2D eigenvalue weighted by Crippen LogP contribution is 2.42. The van der Waals surface area contributed by atoms with E-state index >= 15 is 0 Å². The highest BCUT2D eigenvalue weighted by Gasteiger charge is 2.21. The second-order valence-electron chi connectivity index (χ2n) is 6.14. The molecule has 2 aliphatic rings. The topological polar surface area (TPSA) is 120 Å². The standard InChI is InChI=1S/C20H16N2O5S/c1-26-13-7-9-15-18(11-13)27-17-10-12(22-21)6-8-14(17)20(15)16-4-2-3-5-19(16)28(23,24)25/h2-11H,21H2,1H3,(H,23,24,25)/b22-12+. The van der Waals surface area contributed by atoms with Crippen LogP contribution in [0.5, 0.6) is 5.75 Å². The van der Waals surface area contributed by atoms with Crippen molar-refractivity contribution in [1.82, 2.24) is 0 Å². The molecule has 142 valence electrons. The van der Waals surface area contributed by atoms with Gasteiger partial charge >= 0.3 is 0 Å². The van der Waals surface area contributed by atoms with Crippen molar-refractivity contribution < 1.29 is 27.2 Å². The molecule has 0 atom stereocenters. The van der Waals surface area contributed by atoms with E-state index in [1.807, 2.05) is 0 Å².